The molecule has 2 heteroatoms. The second kappa shape index (κ2) is 4.73. The van der Waals surface area contributed by atoms with E-state index in [1.807, 2.05) is 0 Å². The Kier molecular flexibility index (Phi) is 4.69. The molecule has 0 heterocycles. The van der Waals surface area contributed by atoms with Gasteiger partial charge in [0.15, 0.2) is 0 Å². The maximum Gasteiger partial charge on any atom is 0.0651 e. The quantitative estimate of drug-likeness (QED) is 0.614. The lowest BCUT2D eigenvalue weighted by molar-refractivity contribution is -0.0697. The van der Waals surface area contributed by atoms with Crippen molar-refractivity contribution in [3.8, 4) is 0 Å². The molecular formula is C9H20O2. The molecule has 0 unspecified atom stereocenters. The molecule has 0 aromatic rings. The van der Waals surface area contributed by atoms with Crippen molar-refractivity contribution in [2.24, 2.45) is 0 Å². The summed E-state index contributed by atoms with van der Waals surface area (Å²) >= 11 is 0. The number of hydrogen-bond donors (Lipinski definition) is 0. The van der Waals surface area contributed by atoms with Gasteiger partial charge < -0.3 is 9.47 Å². The van der Waals surface area contributed by atoms with E-state index in [4.69, 9.17) is 9.47 Å². The Morgan fingerprint density at radius 2 is 1.82 bits per heavy atom. The zero-order chi connectivity index (χ0) is 8.91. The van der Waals surface area contributed by atoms with Crippen LogP contribution in [0.15, 0.2) is 0 Å². The van der Waals surface area contributed by atoms with E-state index in [1.165, 1.54) is 0 Å². The molecule has 68 valence electrons. The van der Waals surface area contributed by atoms with Crippen molar-refractivity contribution >= 4 is 0 Å². The molecule has 0 aromatic carbocycles. The molecule has 0 saturated carbocycles. The van der Waals surface area contributed by atoms with Crippen LogP contribution in [0.2, 0.25) is 0 Å². The standard InChI is InChI=1S/C9H20O2/c1-8(2)11-9(3,4)6-7-10-5/h8H,6-7H2,1-5H3. The van der Waals surface area contributed by atoms with E-state index >= 15 is 0 Å². The van der Waals surface area contributed by atoms with Gasteiger partial charge in [0.25, 0.3) is 0 Å². The van der Waals surface area contributed by atoms with Crippen LogP contribution in [0.4, 0.5) is 0 Å². The summed E-state index contributed by atoms with van der Waals surface area (Å²) in [7, 11) is 1.71. The first-order valence-corrected chi connectivity index (χ1v) is 4.15. The van der Waals surface area contributed by atoms with Crippen molar-refractivity contribution in [1.29, 1.82) is 0 Å². The molecule has 0 aliphatic rings. The van der Waals surface area contributed by atoms with Crippen LogP contribution in [-0.4, -0.2) is 25.4 Å². The third kappa shape index (κ3) is 6.32. The largest absolute Gasteiger partial charge is 0.385 e. The van der Waals surface area contributed by atoms with E-state index in [-0.39, 0.29) is 5.60 Å². The van der Waals surface area contributed by atoms with Crippen LogP contribution in [0, 0.1) is 0 Å². The van der Waals surface area contributed by atoms with Crippen molar-refractivity contribution in [3.05, 3.63) is 0 Å². The van der Waals surface area contributed by atoms with Gasteiger partial charge in [-0.15, -0.1) is 0 Å². The Balaban J connectivity index is 3.61. The Labute approximate surface area is 69.9 Å². The van der Waals surface area contributed by atoms with Gasteiger partial charge in [0.1, 0.15) is 0 Å². The minimum atomic E-state index is -0.0514. The van der Waals surface area contributed by atoms with Gasteiger partial charge in [-0.05, 0) is 34.1 Å². The Hall–Kier alpha value is -0.0800. The van der Waals surface area contributed by atoms with Crippen molar-refractivity contribution in [3.63, 3.8) is 0 Å². The summed E-state index contributed by atoms with van der Waals surface area (Å²) in [6.07, 6.45) is 1.24. The van der Waals surface area contributed by atoms with Gasteiger partial charge >= 0.3 is 0 Å². The molecule has 0 saturated heterocycles. The van der Waals surface area contributed by atoms with E-state index in [0.29, 0.717) is 6.10 Å². The smallest absolute Gasteiger partial charge is 0.0651 e. The lowest BCUT2D eigenvalue weighted by atomic mass is 10.1. The topological polar surface area (TPSA) is 18.5 Å². The lowest BCUT2D eigenvalue weighted by Gasteiger charge is -2.27. The van der Waals surface area contributed by atoms with Crippen LogP contribution in [0.1, 0.15) is 34.1 Å². The van der Waals surface area contributed by atoms with Gasteiger partial charge in [-0.3, -0.25) is 0 Å². The highest BCUT2D eigenvalue weighted by molar-refractivity contribution is 4.68. The second-order valence-corrected chi connectivity index (χ2v) is 3.67. The van der Waals surface area contributed by atoms with Crippen LogP contribution in [0.3, 0.4) is 0 Å². The molecule has 0 radical (unpaired) electrons. The summed E-state index contributed by atoms with van der Waals surface area (Å²) in [4.78, 5) is 0. The van der Waals surface area contributed by atoms with Crippen molar-refractivity contribution in [1.82, 2.24) is 0 Å². The molecule has 0 spiro atoms. The highest BCUT2D eigenvalue weighted by Gasteiger charge is 2.18. The number of methoxy groups -OCH3 is 1. The SMILES string of the molecule is COCCC(C)(C)OC(C)C. The third-order valence-electron chi connectivity index (χ3n) is 1.46. The molecule has 2 nitrogen and oxygen atoms in total. The highest BCUT2D eigenvalue weighted by Crippen LogP contribution is 2.16. The fourth-order valence-electron chi connectivity index (χ4n) is 1.04. The van der Waals surface area contributed by atoms with Gasteiger partial charge in [0.05, 0.1) is 11.7 Å². The zero-order valence-corrected chi connectivity index (χ0v) is 8.31. The first-order chi connectivity index (χ1) is 4.98. The first kappa shape index (κ1) is 10.9. The average Bonchev–Trinajstić information content (AvgIpc) is 1.81. The molecule has 0 fully saturated rings. The maximum absolute atomic E-state index is 5.66. The van der Waals surface area contributed by atoms with E-state index in [2.05, 4.69) is 27.7 Å². The Morgan fingerprint density at radius 1 is 1.27 bits per heavy atom. The normalized spacial score (nSPS) is 12.5. The first-order valence-electron chi connectivity index (χ1n) is 4.15. The van der Waals surface area contributed by atoms with E-state index in [1.54, 1.807) is 7.11 Å². The lowest BCUT2D eigenvalue weighted by Crippen LogP contribution is -2.29. The minimum Gasteiger partial charge on any atom is -0.385 e. The van der Waals surface area contributed by atoms with E-state index in [0.717, 1.165) is 13.0 Å². The van der Waals surface area contributed by atoms with Crippen molar-refractivity contribution in [2.75, 3.05) is 13.7 Å². The molecule has 0 aliphatic carbocycles. The molecule has 0 rings (SSSR count). The van der Waals surface area contributed by atoms with Crippen LogP contribution in [0.5, 0.6) is 0 Å². The van der Waals surface area contributed by atoms with Crippen LogP contribution < -0.4 is 0 Å². The Bertz CT molecular complexity index is 97.7. The monoisotopic (exact) mass is 160 g/mol. The summed E-state index contributed by atoms with van der Waals surface area (Å²) in [6.45, 7) is 9.04. The summed E-state index contributed by atoms with van der Waals surface area (Å²) in [5, 5.41) is 0. The fourth-order valence-corrected chi connectivity index (χ4v) is 1.04. The second-order valence-electron chi connectivity index (χ2n) is 3.67. The molecule has 11 heavy (non-hydrogen) atoms. The van der Waals surface area contributed by atoms with Gasteiger partial charge in [0.2, 0.25) is 0 Å². The molecule has 0 atom stereocenters. The van der Waals surface area contributed by atoms with Gasteiger partial charge in [-0.2, -0.15) is 0 Å². The molecule has 0 amide bonds. The summed E-state index contributed by atoms with van der Waals surface area (Å²) in [5.41, 5.74) is -0.0514. The molecular weight excluding hydrogens is 140 g/mol. The fraction of sp³-hybridized carbons (Fsp3) is 1.00. The number of ether oxygens (including phenoxy) is 2. The van der Waals surface area contributed by atoms with Crippen molar-refractivity contribution < 1.29 is 9.47 Å². The molecule has 0 aliphatic heterocycles. The predicted octanol–water partition coefficient (Wildman–Crippen LogP) is 2.23. The van der Waals surface area contributed by atoms with Gasteiger partial charge in [-0.25, -0.2) is 0 Å². The zero-order valence-electron chi connectivity index (χ0n) is 8.31. The van der Waals surface area contributed by atoms with E-state index in [9.17, 15) is 0 Å². The summed E-state index contributed by atoms with van der Waals surface area (Å²) in [5.74, 6) is 0. The van der Waals surface area contributed by atoms with Gasteiger partial charge in [0, 0.05) is 13.7 Å². The number of rotatable bonds is 5. The molecule has 0 bridgehead atoms. The highest BCUT2D eigenvalue weighted by atomic mass is 16.5. The summed E-state index contributed by atoms with van der Waals surface area (Å²) in [6, 6.07) is 0. The summed E-state index contributed by atoms with van der Waals surface area (Å²) < 4.78 is 10.6. The molecule has 0 N–H and O–H groups in total. The van der Waals surface area contributed by atoms with Gasteiger partial charge in [-0.1, -0.05) is 0 Å². The predicted molar refractivity (Wildman–Crippen MR) is 46.8 cm³/mol. The van der Waals surface area contributed by atoms with E-state index < -0.39 is 0 Å². The minimum absolute atomic E-state index is 0.0514. The van der Waals surface area contributed by atoms with Crippen LogP contribution in [-0.2, 0) is 9.47 Å². The third-order valence-corrected chi connectivity index (χ3v) is 1.46. The maximum atomic E-state index is 5.66. The van der Waals surface area contributed by atoms with Crippen molar-refractivity contribution in [2.45, 2.75) is 45.8 Å². The number of hydrogen-bond acceptors (Lipinski definition) is 2. The van der Waals surface area contributed by atoms with Crippen LogP contribution >= 0.6 is 0 Å². The average molecular weight is 160 g/mol. The molecule has 0 aromatic heterocycles. The van der Waals surface area contributed by atoms with Crippen LogP contribution in [0.25, 0.3) is 0 Å². The Morgan fingerprint density at radius 3 is 2.18 bits per heavy atom.